The van der Waals surface area contributed by atoms with Gasteiger partial charge in [0.15, 0.2) is 0 Å². The molecule has 0 saturated heterocycles. The summed E-state index contributed by atoms with van der Waals surface area (Å²) in [6.45, 7) is -0.216. The number of amides is 1. The third kappa shape index (κ3) is 2.32. The molecule has 5 nitrogen and oxygen atoms in total. The van der Waals surface area contributed by atoms with Gasteiger partial charge in [-0.3, -0.25) is 9.59 Å². The molecule has 78 valence electrons. The van der Waals surface area contributed by atoms with Crippen LogP contribution in [0, 0.1) is 0 Å². The summed E-state index contributed by atoms with van der Waals surface area (Å²) in [7, 11) is 1.30. The molecule has 1 atom stereocenters. The van der Waals surface area contributed by atoms with E-state index in [0.717, 1.165) is 0 Å². The topological polar surface area (TPSA) is 75.6 Å². The van der Waals surface area contributed by atoms with Crippen LogP contribution >= 0.6 is 0 Å². The summed E-state index contributed by atoms with van der Waals surface area (Å²) in [5, 5.41) is 11.7. The summed E-state index contributed by atoms with van der Waals surface area (Å²) in [6, 6.07) is 0. The predicted octanol–water partition coefficient (Wildman–Crippen LogP) is -0.643. The highest BCUT2D eigenvalue weighted by molar-refractivity contribution is 5.91. The summed E-state index contributed by atoms with van der Waals surface area (Å²) in [5.41, 5.74) is -0.786. The van der Waals surface area contributed by atoms with Crippen molar-refractivity contribution in [2.75, 3.05) is 13.7 Å². The summed E-state index contributed by atoms with van der Waals surface area (Å²) in [5.74, 6) is -0.601. The fourth-order valence-electron chi connectivity index (χ4n) is 1.31. The van der Waals surface area contributed by atoms with Crippen LogP contribution in [0.5, 0.6) is 0 Å². The van der Waals surface area contributed by atoms with Gasteiger partial charge in [-0.05, 0) is 6.42 Å². The lowest BCUT2D eigenvalue weighted by atomic mass is 9.96. The molecule has 2 N–H and O–H groups in total. The zero-order chi connectivity index (χ0) is 10.6. The first kappa shape index (κ1) is 10.7. The average molecular weight is 199 g/mol. The van der Waals surface area contributed by atoms with Crippen LogP contribution in [0.2, 0.25) is 0 Å². The van der Waals surface area contributed by atoms with Crippen LogP contribution in [0.4, 0.5) is 0 Å². The van der Waals surface area contributed by atoms with E-state index in [0.29, 0.717) is 6.42 Å². The van der Waals surface area contributed by atoms with Crippen LogP contribution < -0.4 is 5.32 Å². The maximum atomic E-state index is 10.9. The zero-order valence-corrected chi connectivity index (χ0v) is 7.95. The maximum Gasteiger partial charge on any atom is 0.305 e. The average Bonchev–Trinajstić information content (AvgIpc) is 2.57. The third-order valence-corrected chi connectivity index (χ3v) is 2.21. The van der Waals surface area contributed by atoms with Crippen LogP contribution in [-0.2, 0) is 14.3 Å². The summed E-state index contributed by atoms with van der Waals surface area (Å²) in [6.07, 6.45) is 3.45. The first-order chi connectivity index (χ1) is 6.62. The minimum absolute atomic E-state index is 0.168. The number of nitrogens with one attached hydrogen (secondary N) is 1. The van der Waals surface area contributed by atoms with Crippen molar-refractivity contribution in [3.05, 3.63) is 12.2 Å². The number of aliphatic hydroxyl groups excluding tert-OH is 1. The van der Waals surface area contributed by atoms with Gasteiger partial charge in [-0.1, -0.05) is 6.08 Å². The highest BCUT2D eigenvalue weighted by atomic mass is 16.5. The molecule has 1 amide bonds. The molecule has 14 heavy (non-hydrogen) atoms. The van der Waals surface area contributed by atoms with Gasteiger partial charge in [-0.15, -0.1) is 0 Å². The van der Waals surface area contributed by atoms with Crippen LogP contribution in [0.1, 0.15) is 12.8 Å². The highest BCUT2D eigenvalue weighted by Gasteiger charge is 2.32. The molecule has 0 fully saturated rings. The molecule has 1 aliphatic heterocycles. The summed E-state index contributed by atoms with van der Waals surface area (Å²) < 4.78 is 4.47. The third-order valence-electron chi connectivity index (χ3n) is 2.21. The zero-order valence-electron chi connectivity index (χ0n) is 7.95. The Kier molecular flexibility index (Phi) is 3.24. The van der Waals surface area contributed by atoms with E-state index in [9.17, 15) is 9.59 Å². The van der Waals surface area contributed by atoms with Gasteiger partial charge in [0.2, 0.25) is 5.91 Å². The quantitative estimate of drug-likeness (QED) is 0.590. The predicted molar refractivity (Wildman–Crippen MR) is 48.3 cm³/mol. The molecule has 1 heterocycles. The number of carbonyl (C=O) groups is 2. The number of carbonyl (C=O) groups excluding carboxylic acids is 2. The minimum atomic E-state index is -0.786. The van der Waals surface area contributed by atoms with Crippen molar-refractivity contribution in [1.82, 2.24) is 5.32 Å². The molecule has 0 aromatic rings. The van der Waals surface area contributed by atoms with Crippen LogP contribution in [-0.4, -0.2) is 36.2 Å². The summed E-state index contributed by atoms with van der Waals surface area (Å²) >= 11 is 0. The lowest BCUT2D eigenvalue weighted by molar-refractivity contribution is -0.141. The van der Waals surface area contributed by atoms with Gasteiger partial charge < -0.3 is 15.2 Å². The second-order valence-electron chi connectivity index (χ2n) is 3.21. The van der Waals surface area contributed by atoms with E-state index in [1.165, 1.54) is 13.2 Å². The minimum Gasteiger partial charge on any atom is -0.469 e. The Labute approximate surface area is 81.7 Å². The van der Waals surface area contributed by atoms with E-state index in [4.69, 9.17) is 5.11 Å². The molecule has 5 heteroatoms. The molecule has 0 aromatic heterocycles. The van der Waals surface area contributed by atoms with Gasteiger partial charge in [-0.25, -0.2) is 0 Å². The van der Waals surface area contributed by atoms with E-state index >= 15 is 0 Å². The van der Waals surface area contributed by atoms with E-state index in [2.05, 4.69) is 10.1 Å². The Morgan fingerprint density at radius 3 is 2.86 bits per heavy atom. The number of hydrogen-bond acceptors (Lipinski definition) is 4. The molecule has 0 saturated carbocycles. The SMILES string of the molecule is COC(=O)CC[C@]1(CO)C=CC(=O)N1. The fraction of sp³-hybridized carbons (Fsp3) is 0.556. The second-order valence-corrected chi connectivity index (χ2v) is 3.21. The van der Waals surface area contributed by atoms with E-state index in [1.807, 2.05) is 0 Å². The molecular formula is C9H13NO4. The lowest BCUT2D eigenvalue weighted by Gasteiger charge is -2.24. The van der Waals surface area contributed by atoms with E-state index < -0.39 is 5.54 Å². The first-order valence-corrected chi connectivity index (χ1v) is 4.31. The van der Waals surface area contributed by atoms with Crippen molar-refractivity contribution in [3.63, 3.8) is 0 Å². The smallest absolute Gasteiger partial charge is 0.305 e. The monoisotopic (exact) mass is 199 g/mol. The van der Waals surface area contributed by atoms with Crippen molar-refractivity contribution in [3.8, 4) is 0 Å². The Morgan fingerprint density at radius 2 is 2.43 bits per heavy atom. The van der Waals surface area contributed by atoms with Crippen LogP contribution in [0.3, 0.4) is 0 Å². The Bertz CT molecular complexity index is 274. The number of methoxy groups -OCH3 is 1. The molecule has 0 spiro atoms. The van der Waals surface area contributed by atoms with Gasteiger partial charge in [0.25, 0.3) is 0 Å². The van der Waals surface area contributed by atoms with Gasteiger partial charge in [-0.2, -0.15) is 0 Å². The van der Waals surface area contributed by atoms with Gasteiger partial charge >= 0.3 is 5.97 Å². The van der Waals surface area contributed by atoms with Crippen molar-refractivity contribution < 1.29 is 19.4 Å². The molecule has 0 bridgehead atoms. The Morgan fingerprint density at radius 1 is 1.71 bits per heavy atom. The van der Waals surface area contributed by atoms with Gasteiger partial charge in [0.05, 0.1) is 19.3 Å². The molecule has 1 aliphatic rings. The van der Waals surface area contributed by atoms with Gasteiger partial charge in [0, 0.05) is 12.5 Å². The standard InChI is InChI=1S/C9H13NO4/c1-14-8(13)3-5-9(6-11)4-2-7(12)10-9/h2,4,11H,3,5-6H2,1H3,(H,10,12)/t9-/m0/s1. The van der Waals surface area contributed by atoms with E-state index in [1.54, 1.807) is 6.08 Å². The van der Waals surface area contributed by atoms with Crippen molar-refractivity contribution in [1.29, 1.82) is 0 Å². The molecule has 0 aliphatic carbocycles. The number of esters is 1. The molecule has 0 radical (unpaired) electrons. The number of aliphatic hydroxyl groups is 1. The molecule has 0 aromatic carbocycles. The Hall–Kier alpha value is -1.36. The van der Waals surface area contributed by atoms with E-state index in [-0.39, 0.29) is 24.9 Å². The van der Waals surface area contributed by atoms with Crippen molar-refractivity contribution >= 4 is 11.9 Å². The maximum absolute atomic E-state index is 10.9. The highest BCUT2D eigenvalue weighted by Crippen LogP contribution is 2.18. The lowest BCUT2D eigenvalue weighted by Crippen LogP contribution is -2.45. The van der Waals surface area contributed by atoms with Gasteiger partial charge in [0.1, 0.15) is 0 Å². The molecule has 0 unspecified atom stereocenters. The van der Waals surface area contributed by atoms with Crippen LogP contribution in [0.25, 0.3) is 0 Å². The number of ether oxygens (including phenoxy) is 1. The van der Waals surface area contributed by atoms with Crippen molar-refractivity contribution in [2.45, 2.75) is 18.4 Å². The molecule has 1 rings (SSSR count). The summed E-state index contributed by atoms with van der Waals surface area (Å²) in [4.78, 5) is 21.8. The van der Waals surface area contributed by atoms with Crippen LogP contribution in [0.15, 0.2) is 12.2 Å². The fourth-order valence-corrected chi connectivity index (χ4v) is 1.31. The Balaban J connectivity index is 2.51. The first-order valence-electron chi connectivity index (χ1n) is 4.31. The molecular weight excluding hydrogens is 186 g/mol. The number of hydrogen-bond donors (Lipinski definition) is 2. The normalized spacial score (nSPS) is 24.9. The number of rotatable bonds is 4. The largest absolute Gasteiger partial charge is 0.469 e. The second kappa shape index (κ2) is 4.23. The van der Waals surface area contributed by atoms with Crippen molar-refractivity contribution in [2.24, 2.45) is 0 Å².